The molecule has 0 saturated carbocycles. The second-order valence-corrected chi connectivity index (χ2v) is 4.50. The molecule has 2 rings (SSSR count). The maximum absolute atomic E-state index is 12.0. The van der Waals surface area contributed by atoms with Gasteiger partial charge in [-0.3, -0.25) is 4.79 Å². The maximum atomic E-state index is 12.0. The third-order valence-electron chi connectivity index (χ3n) is 3.40. The van der Waals surface area contributed by atoms with Gasteiger partial charge in [-0.05, 0) is 24.0 Å². The topological polar surface area (TPSA) is 41.1 Å². The highest BCUT2D eigenvalue weighted by atomic mass is 16.2. The van der Waals surface area contributed by atoms with E-state index in [1.807, 2.05) is 0 Å². The number of carbonyl (C=O) groups is 1. The molecule has 1 aliphatic heterocycles. The number of carbonyl (C=O) groups excluding carboxylic acids is 1. The predicted octanol–water partition coefficient (Wildman–Crippen LogP) is 1.97. The van der Waals surface area contributed by atoms with Crippen molar-refractivity contribution in [1.82, 2.24) is 5.32 Å². The maximum Gasteiger partial charge on any atom is 0.230 e. The van der Waals surface area contributed by atoms with Gasteiger partial charge in [0.1, 0.15) is 0 Å². The number of hydrogen-bond donors (Lipinski definition) is 2. The van der Waals surface area contributed by atoms with Crippen LogP contribution in [0.2, 0.25) is 0 Å². The zero-order valence-electron chi connectivity index (χ0n) is 10.5. The van der Waals surface area contributed by atoms with Crippen molar-refractivity contribution < 1.29 is 4.79 Å². The second-order valence-electron chi connectivity index (χ2n) is 4.50. The van der Waals surface area contributed by atoms with Gasteiger partial charge in [0.05, 0.1) is 5.92 Å². The normalized spacial score (nSPS) is 15.4. The molecule has 0 spiro atoms. The van der Waals surface area contributed by atoms with E-state index in [0.29, 0.717) is 0 Å². The Hall–Kier alpha value is -1.35. The molecule has 1 aliphatic rings. The lowest BCUT2D eigenvalue weighted by molar-refractivity contribution is -0.121. The molecule has 1 aromatic rings. The van der Waals surface area contributed by atoms with Gasteiger partial charge in [-0.25, -0.2) is 0 Å². The second kappa shape index (κ2) is 5.32. The molecule has 1 heterocycles. The third-order valence-corrected chi connectivity index (χ3v) is 3.40. The Kier molecular flexibility index (Phi) is 3.79. The van der Waals surface area contributed by atoms with Gasteiger partial charge in [0.25, 0.3) is 0 Å². The summed E-state index contributed by atoms with van der Waals surface area (Å²) in [6.45, 7) is 5.85. The molecule has 1 amide bonds. The van der Waals surface area contributed by atoms with E-state index in [4.69, 9.17) is 0 Å². The van der Waals surface area contributed by atoms with Crippen LogP contribution in [0.4, 0.5) is 5.69 Å². The van der Waals surface area contributed by atoms with Crippen LogP contribution in [0.3, 0.4) is 0 Å². The van der Waals surface area contributed by atoms with E-state index in [1.165, 1.54) is 11.1 Å². The molecule has 0 bridgehead atoms. The molecule has 0 atom stereocenters. The molecule has 2 N–H and O–H groups in total. The fourth-order valence-corrected chi connectivity index (χ4v) is 2.10. The Balaban J connectivity index is 2.20. The Morgan fingerprint density at radius 3 is 2.29 bits per heavy atom. The molecule has 3 nitrogen and oxygen atoms in total. The van der Waals surface area contributed by atoms with Crippen molar-refractivity contribution in [3.8, 4) is 0 Å². The molecular formula is C14H20N2O. The molecule has 92 valence electrons. The van der Waals surface area contributed by atoms with E-state index in [0.717, 1.165) is 31.6 Å². The van der Waals surface area contributed by atoms with Gasteiger partial charge in [0, 0.05) is 18.8 Å². The smallest absolute Gasteiger partial charge is 0.230 e. The average Bonchev–Trinajstić information content (AvgIpc) is 2.26. The summed E-state index contributed by atoms with van der Waals surface area (Å²) < 4.78 is 0. The summed E-state index contributed by atoms with van der Waals surface area (Å²) in [6, 6.07) is 6.25. The number of aryl methyl sites for hydroxylation is 2. The van der Waals surface area contributed by atoms with E-state index in [9.17, 15) is 4.79 Å². The van der Waals surface area contributed by atoms with Gasteiger partial charge in [-0.1, -0.05) is 32.0 Å². The van der Waals surface area contributed by atoms with Gasteiger partial charge in [-0.15, -0.1) is 0 Å². The minimum absolute atomic E-state index is 0.143. The van der Waals surface area contributed by atoms with Gasteiger partial charge >= 0.3 is 0 Å². The van der Waals surface area contributed by atoms with Crippen LogP contribution in [0, 0.1) is 5.92 Å². The van der Waals surface area contributed by atoms with E-state index < -0.39 is 0 Å². The van der Waals surface area contributed by atoms with Crippen molar-refractivity contribution in [2.75, 3.05) is 18.4 Å². The zero-order valence-corrected chi connectivity index (χ0v) is 10.5. The first-order chi connectivity index (χ1) is 8.26. The van der Waals surface area contributed by atoms with Crippen molar-refractivity contribution in [3.05, 3.63) is 29.3 Å². The first-order valence-electron chi connectivity index (χ1n) is 6.38. The summed E-state index contributed by atoms with van der Waals surface area (Å²) in [6.07, 6.45) is 1.90. The molecule has 3 heteroatoms. The number of anilines is 1. The van der Waals surface area contributed by atoms with E-state index in [2.05, 4.69) is 42.7 Å². The molecule has 0 aliphatic carbocycles. The molecule has 1 saturated heterocycles. The molecule has 17 heavy (non-hydrogen) atoms. The standard InChI is InChI=1S/C14H20N2O/c1-3-10-6-5-7-11(4-2)13(10)16-14(17)12-8-15-9-12/h5-7,12,15H,3-4,8-9H2,1-2H3,(H,16,17). The third kappa shape index (κ3) is 2.50. The lowest BCUT2D eigenvalue weighted by Gasteiger charge is -2.26. The lowest BCUT2D eigenvalue weighted by atomic mass is 9.99. The van der Waals surface area contributed by atoms with E-state index >= 15 is 0 Å². The minimum Gasteiger partial charge on any atom is -0.325 e. The minimum atomic E-state index is 0.143. The Morgan fingerprint density at radius 2 is 1.88 bits per heavy atom. The van der Waals surface area contributed by atoms with Crippen LogP contribution in [0.25, 0.3) is 0 Å². The highest BCUT2D eigenvalue weighted by Crippen LogP contribution is 2.23. The van der Waals surface area contributed by atoms with Crippen molar-refractivity contribution in [1.29, 1.82) is 0 Å². The Morgan fingerprint density at radius 1 is 1.29 bits per heavy atom. The van der Waals surface area contributed by atoms with E-state index in [-0.39, 0.29) is 11.8 Å². The summed E-state index contributed by atoms with van der Waals surface area (Å²) in [5, 5.41) is 6.23. The predicted molar refractivity (Wildman–Crippen MR) is 70.2 cm³/mol. The summed E-state index contributed by atoms with van der Waals surface area (Å²) in [5.74, 6) is 0.295. The van der Waals surface area contributed by atoms with Gasteiger partial charge in [-0.2, -0.15) is 0 Å². The molecular weight excluding hydrogens is 212 g/mol. The van der Waals surface area contributed by atoms with Crippen LogP contribution in [-0.2, 0) is 17.6 Å². The highest BCUT2D eigenvalue weighted by molar-refractivity contribution is 5.94. The highest BCUT2D eigenvalue weighted by Gasteiger charge is 2.25. The number of para-hydroxylation sites is 1. The van der Waals surface area contributed by atoms with E-state index in [1.54, 1.807) is 0 Å². The first kappa shape index (κ1) is 12.1. The fourth-order valence-electron chi connectivity index (χ4n) is 2.10. The number of hydrogen-bond acceptors (Lipinski definition) is 2. The quantitative estimate of drug-likeness (QED) is 0.833. The number of amides is 1. The van der Waals surface area contributed by atoms with Crippen molar-refractivity contribution in [2.45, 2.75) is 26.7 Å². The number of benzene rings is 1. The van der Waals surface area contributed by atoms with Crippen molar-refractivity contribution in [3.63, 3.8) is 0 Å². The summed E-state index contributed by atoms with van der Waals surface area (Å²) >= 11 is 0. The Labute approximate surface area is 103 Å². The lowest BCUT2D eigenvalue weighted by Crippen LogP contribution is -2.48. The van der Waals surface area contributed by atoms with Crippen LogP contribution in [0.15, 0.2) is 18.2 Å². The summed E-state index contributed by atoms with van der Waals surface area (Å²) in [5.41, 5.74) is 3.49. The van der Waals surface area contributed by atoms with Gasteiger partial charge in [0.2, 0.25) is 5.91 Å². The summed E-state index contributed by atoms with van der Waals surface area (Å²) in [4.78, 5) is 12.0. The summed E-state index contributed by atoms with van der Waals surface area (Å²) in [7, 11) is 0. The van der Waals surface area contributed by atoms with Crippen LogP contribution >= 0.6 is 0 Å². The largest absolute Gasteiger partial charge is 0.325 e. The number of nitrogens with one attached hydrogen (secondary N) is 2. The van der Waals surface area contributed by atoms with Crippen molar-refractivity contribution >= 4 is 11.6 Å². The zero-order chi connectivity index (χ0) is 12.3. The molecule has 0 radical (unpaired) electrons. The van der Waals surface area contributed by atoms with Gasteiger partial charge < -0.3 is 10.6 Å². The fraction of sp³-hybridized carbons (Fsp3) is 0.500. The average molecular weight is 232 g/mol. The SMILES string of the molecule is CCc1cccc(CC)c1NC(=O)C1CNC1. The Bertz CT molecular complexity index is 388. The van der Waals surface area contributed by atoms with Gasteiger partial charge in [0.15, 0.2) is 0 Å². The van der Waals surface area contributed by atoms with Crippen LogP contribution in [0.1, 0.15) is 25.0 Å². The van der Waals surface area contributed by atoms with Crippen LogP contribution in [0.5, 0.6) is 0 Å². The van der Waals surface area contributed by atoms with Crippen molar-refractivity contribution in [2.24, 2.45) is 5.92 Å². The number of rotatable bonds is 4. The molecule has 0 unspecified atom stereocenters. The molecule has 1 fully saturated rings. The monoisotopic (exact) mass is 232 g/mol. The van der Waals surface area contributed by atoms with Crippen LogP contribution in [-0.4, -0.2) is 19.0 Å². The van der Waals surface area contributed by atoms with Crippen LogP contribution < -0.4 is 10.6 Å². The molecule has 0 aromatic heterocycles. The molecule has 1 aromatic carbocycles. The first-order valence-corrected chi connectivity index (χ1v) is 6.38.